The number of hydrogen-bond donors (Lipinski definition) is 0. The van der Waals surface area contributed by atoms with Gasteiger partial charge in [-0.2, -0.15) is 0 Å². The molecule has 27 heavy (non-hydrogen) atoms. The minimum absolute atomic E-state index is 0.124. The van der Waals surface area contributed by atoms with Gasteiger partial charge in [0.05, 0.1) is 13.2 Å². The van der Waals surface area contributed by atoms with Crippen LogP contribution in [0.3, 0.4) is 0 Å². The molecule has 0 fully saturated rings. The Morgan fingerprint density at radius 1 is 1.15 bits per heavy atom. The molecule has 1 heterocycles. The summed E-state index contributed by atoms with van der Waals surface area (Å²) in [7, 11) is 5.75. The zero-order chi connectivity index (χ0) is 19.4. The molecule has 0 aliphatic heterocycles. The van der Waals surface area contributed by atoms with E-state index in [1.165, 1.54) is 5.56 Å². The van der Waals surface area contributed by atoms with Crippen LogP contribution >= 0.6 is 23.4 Å². The average molecular weight is 403 g/mol. The third kappa shape index (κ3) is 4.64. The first-order valence-electron chi connectivity index (χ1n) is 8.63. The van der Waals surface area contributed by atoms with Crippen LogP contribution in [0.4, 0.5) is 0 Å². The molecule has 5 nitrogen and oxygen atoms in total. The normalized spacial score (nSPS) is 12.4. The summed E-state index contributed by atoms with van der Waals surface area (Å²) in [4.78, 5) is 2.12. The van der Waals surface area contributed by atoms with Crippen molar-refractivity contribution < 1.29 is 4.74 Å². The summed E-state index contributed by atoms with van der Waals surface area (Å²) in [6.07, 6.45) is 0. The van der Waals surface area contributed by atoms with Gasteiger partial charge < -0.3 is 4.74 Å². The van der Waals surface area contributed by atoms with E-state index in [4.69, 9.17) is 16.3 Å². The monoisotopic (exact) mass is 402 g/mol. The van der Waals surface area contributed by atoms with E-state index in [9.17, 15) is 0 Å². The van der Waals surface area contributed by atoms with Gasteiger partial charge in [-0.3, -0.25) is 9.47 Å². The predicted molar refractivity (Wildman–Crippen MR) is 111 cm³/mol. The van der Waals surface area contributed by atoms with E-state index in [1.54, 1.807) is 18.9 Å². The molecule has 142 valence electrons. The number of aromatic nitrogens is 3. The zero-order valence-corrected chi connectivity index (χ0v) is 17.5. The van der Waals surface area contributed by atoms with Crippen LogP contribution in [-0.2, 0) is 5.75 Å². The summed E-state index contributed by atoms with van der Waals surface area (Å²) in [5.41, 5.74) is 2.17. The van der Waals surface area contributed by atoms with Gasteiger partial charge in [0.25, 0.3) is 0 Å². The van der Waals surface area contributed by atoms with Crippen LogP contribution in [0.15, 0.2) is 53.7 Å². The molecule has 0 aliphatic carbocycles. The van der Waals surface area contributed by atoms with E-state index in [0.29, 0.717) is 5.02 Å². The largest absolute Gasteiger partial charge is 0.497 e. The lowest BCUT2D eigenvalue weighted by atomic mass is 10.2. The number of thioether (sulfide) groups is 1. The quantitative estimate of drug-likeness (QED) is 0.529. The number of halogens is 1. The number of nitrogens with zero attached hydrogens (tertiary/aromatic N) is 4. The second kappa shape index (κ2) is 8.78. The van der Waals surface area contributed by atoms with E-state index in [1.807, 2.05) is 56.6 Å². The summed E-state index contributed by atoms with van der Waals surface area (Å²) in [5, 5.41) is 10.5. The van der Waals surface area contributed by atoms with Crippen LogP contribution in [0.2, 0.25) is 5.02 Å². The SMILES string of the molecule is COc1cccc(CSc2nnc(C(C)N(C)C)n2-c2ccc(Cl)cc2)c1. The highest BCUT2D eigenvalue weighted by Gasteiger charge is 2.21. The molecule has 3 rings (SSSR count). The minimum atomic E-state index is 0.124. The van der Waals surface area contributed by atoms with Crippen molar-refractivity contribution in [3.05, 3.63) is 64.9 Å². The van der Waals surface area contributed by atoms with Gasteiger partial charge in [-0.1, -0.05) is 35.5 Å². The molecular formula is C20H23ClN4OS. The Morgan fingerprint density at radius 2 is 1.89 bits per heavy atom. The fourth-order valence-corrected chi connectivity index (χ4v) is 3.65. The second-order valence-electron chi connectivity index (χ2n) is 6.43. The summed E-state index contributed by atoms with van der Waals surface area (Å²) < 4.78 is 7.42. The van der Waals surface area contributed by atoms with Crippen molar-refractivity contribution in [1.82, 2.24) is 19.7 Å². The molecule has 2 aromatic carbocycles. The first-order valence-corrected chi connectivity index (χ1v) is 9.99. The molecule has 0 saturated heterocycles. The molecule has 1 aromatic heterocycles. The Kier molecular flexibility index (Phi) is 6.42. The lowest BCUT2D eigenvalue weighted by molar-refractivity contribution is 0.305. The molecule has 0 spiro atoms. The van der Waals surface area contributed by atoms with Crippen molar-refractivity contribution >= 4 is 23.4 Å². The van der Waals surface area contributed by atoms with E-state index in [2.05, 4.69) is 32.7 Å². The number of hydrogen-bond acceptors (Lipinski definition) is 5. The average Bonchev–Trinajstić information content (AvgIpc) is 3.10. The van der Waals surface area contributed by atoms with Gasteiger partial charge >= 0.3 is 0 Å². The summed E-state index contributed by atoms with van der Waals surface area (Å²) >= 11 is 7.72. The lowest BCUT2D eigenvalue weighted by Crippen LogP contribution is -2.20. The van der Waals surface area contributed by atoms with E-state index in [-0.39, 0.29) is 6.04 Å². The molecule has 1 atom stereocenters. The van der Waals surface area contributed by atoms with Gasteiger partial charge in [-0.15, -0.1) is 10.2 Å². The molecule has 0 aliphatic rings. The van der Waals surface area contributed by atoms with Crippen LogP contribution in [-0.4, -0.2) is 40.9 Å². The van der Waals surface area contributed by atoms with E-state index in [0.717, 1.165) is 28.2 Å². The highest BCUT2D eigenvalue weighted by molar-refractivity contribution is 7.98. The van der Waals surface area contributed by atoms with Crippen LogP contribution < -0.4 is 4.74 Å². The van der Waals surface area contributed by atoms with Crippen molar-refractivity contribution in [2.24, 2.45) is 0 Å². The first kappa shape index (κ1) is 19.7. The lowest BCUT2D eigenvalue weighted by Gasteiger charge is -2.20. The zero-order valence-electron chi connectivity index (χ0n) is 15.9. The standard InChI is InChI=1S/C20H23ClN4OS/c1-14(24(2)3)19-22-23-20(25(19)17-10-8-16(21)9-11-17)27-13-15-6-5-7-18(12-15)26-4/h5-12,14H,13H2,1-4H3. The molecule has 0 bridgehead atoms. The second-order valence-corrected chi connectivity index (χ2v) is 7.81. The van der Waals surface area contributed by atoms with Crippen molar-refractivity contribution in [3.8, 4) is 11.4 Å². The number of benzene rings is 2. The molecule has 1 unspecified atom stereocenters. The van der Waals surface area contributed by atoms with Gasteiger partial charge in [-0.25, -0.2) is 0 Å². The smallest absolute Gasteiger partial charge is 0.196 e. The predicted octanol–water partition coefficient (Wildman–Crippen LogP) is 4.84. The topological polar surface area (TPSA) is 43.2 Å². The van der Waals surface area contributed by atoms with Crippen LogP contribution in [0, 0.1) is 0 Å². The molecule has 0 N–H and O–H groups in total. The summed E-state index contributed by atoms with van der Waals surface area (Å²) in [6.45, 7) is 2.12. The maximum absolute atomic E-state index is 6.07. The van der Waals surface area contributed by atoms with Crippen LogP contribution in [0.25, 0.3) is 5.69 Å². The number of rotatable bonds is 7. The first-order chi connectivity index (χ1) is 13.0. The molecule has 7 heteroatoms. The molecule has 0 saturated carbocycles. The Balaban J connectivity index is 1.93. The Labute approximate surface area is 169 Å². The Hall–Kier alpha value is -2.02. The molecule has 0 radical (unpaired) electrons. The minimum Gasteiger partial charge on any atom is -0.497 e. The number of methoxy groups -OCH3 is 1. The fourth-order valence-electron chi connectivity index (χ4n) is 2.62. The van der Waals surface area contributed by atoms with Gasteiger partial charge in [-0.05, 0) is 63.0 Å². The van der Waals surface area contributed by atoms with Crippen molar-refractivity contribution in [2.45, 2.75) is 23.9 Å². The van der Waals surface area contributed by atoms with Gasteiger partial charge in [0, 0.05) is 16.5 Å². The summed E-state index contributed by atoms with van der Waals surface area (Å²) in [6, 6.07) is 16.0. The molecule has 0 amide bonds. The highest BCUT2D eigenvalue weighted by Crippen LogP contribution is 2.29. The van der Waals surface area contributed by atoms with Gasteiger partial charge in [0.15, 0.2) is 11.0 Å². The van der Waals surface area contributed by atoms with Gasteiger partial charge in [0.1, 0.15) is 5.75 Å². The van der Waals surface area contributed by atoms with Gasteiger partial charge in [0.2, 0.25) is 0 Å². The Morgan fingerprint density at radius 3 is 2.56 bits per heavy atom. The maximum atomic E-state index is 6.07. The highest BCUT2D eigenvalue weighted by atomic mass is 35.5. The summed E-state index contributed by atoms with van der Waals surface area (Å²) in [5.74, 6) is 2.53. The molecule has 3 aromatic rings. The van der Waals surface area contributed by atoms with Crippen LogP contribution in [0.5, 0.6) is 5.75 Å². The van der Waals surface area contributed by atoms with Crippen LogP contribution in [0.1, 0.15) is 24.4 Å². The van der Waals surface area contributed by atoms with E-state index >= 15 is 0 Å². The van der Waals surface area contributed by atoms with Crippen molar-refractivity contribution in [2.75, 3.05) is 21.2 Å². The maximum Gasteiger partial charge on any atom is 0.196 e. The third-order valence-corrected chi connectivity index (χ3v) is 5.65. The third-order valence-electron chi connectivity index (χ3n) is 4.39. The number of ether oxygens (including phenoxy) is 1. The fraction of sp³-hybridized carbons (Fsp3) is 0.300. The Bertz CT molecular complexity index is 895. The van der Waals surface area contributed by atoms with Crippen molar-refractivity contribution in [3.63, 3.8) is 0 Å². The van der Waals surface area contributed by atoms with Crippen molar-refractivity contribution in [1.29, 1.82) is 0 Å². The van der Waals surface area contributed by atoms with E-state index < -0.39 is 0 Å². The molecular weight excluding hydrogens is 380 g/mol.